The number of benzene rings is 1. The molecule has 2 fully saturated rings. The van der Waals surface area contributed by atoms with Crippen LogP contribution in [0.4, 0.5) is 0 Å². The molecule has 1 aromatic carbocycles. The first-order valence-electron chi connectivity index (χ1n) is 9.24. The van der Waals surface area contributed by atoms with E-state index in [0.717, 1.165) is 43.6 Å². The van der Waals surface area contributed by atoms with Gasteiger partial charge in [0.05, 0.1) is 12.3 Å². The standard InChI is InChI=1S/C18H25N5O2S/c19-15-9-6-13(10-15)12-26(24,25)20-11-17-21-22-18(14-7-8-14)23(17)16-4-2-1-3-5-16/h1-5,13-15,20H,6-12,19H2/t13-,15+/m0/s1. The number of nitrogens with two attached hydrogens (primary N) is 1. The molecule has 140 valence electrons. The first-order valence-corrected chi connectivity index (χ1v) is 10.9. The highest BCUT2D eigenvalue weighted by molar-refractivity contribution is 7.89. The molecule has 2 atom stereocenters. The van der Waals surface area contributed by atoms with Gasteiger partial charge in [-0.2, -0.15) is 0 Å². The molecule has 4 rings (SSSR count). The van der Waals surface area contributed by atoms with Crippen LogP contribution in [0.2, 0.25) is 0 Å². The zero-order chi connectivity index (χ0) is 18.1. The van der Waals surface area contributed by atoms with Gasteiger partial charge in [-0.1, -0.05) is 18.2 Å². The molecule has 8 heteroatoms. The summed E-state index contributed by atoms with van der Waals surface area (Å²) in [6.07, 6.45) is 4.80. The van der Waals surface area contributed by atoms with E-state index >= 15 is 0 Å². The molecule has 0 unspecified atom stereocenters. The molecular formula is C18H25N5O2S. The predicted molar refractivity (Wildman–Crippen MR) is 99.3 cm³/mol. The van der Waals surface area contributed by atoms with Crippen molar-refractivity contribution in [3.63, 3.8) is 0 Å². The van der Waals surface area contributed by atoms with Crippen LogP contribution < -0.4 is 10.5 Å². The Morgan fingerprint density at radius 3 is 2.54 bits per heavy atom. The highest BCUT2D eigenvalue weighted by atomic mass is 32.2. The molecule has 2 aliphatic carbocycles. The van der Waals surface area contributed by atoms with Crippen molar-refractivity contribution in [2.75, 3.05) is 5.75 Å². The summed E-state index contributed by atoms with van der Waals surface area (Å²) in [4.78, 5) is 0. The van der Waals surface area contributed by atoms with E-state index in [9.17, 15) is 8.42 Å². The molecule has 1 aromatic heterocycles. The van der Waals surface area contributed by atoms with Gasteiger partial charge in [0.2, 0.25) is 10.0 Å². The molecule has 0 aliphatic heterocycles. The van der Waals surface area contributed by atoms with Crippen molar-refractivity contribution >= 4 is 10.0 Å². The minimum atomic E-state index is -3.37. The fraction of sp³-hybridized carbons (Fsp3) is 0.556. The van der Waals surface area contributed by atoms with Gasteiger partial charge < -0.3 is 5.73 Å². The quantitative estimate of drug-likeness (QED) is 0.767. The van der Waals surface area contributed by atoms with Crippen LogP contribution in [0.25, 0.3) is 5.69 Å². The number of hydrogen-bond acceptors (Lipinski definition) is 5. The Bertz CT molecular complexity index is 861. The van der Waals surface area contributed by atoms with Crippen molar-refractivity contribution in [3.8, 4) is 5.69 Å². The van der Waals surface area contributed by atoms with Crippen molar-refractivity contribution < 1.29 is 8.42 Å². The Kier molecular flexibility index (Phi) is 4.81. The predicted octanol–water partition coefficient (Wildman–Crippen LogP) is 1.69. The van der Waals surface area contributed by atoms with Gasteiger partial charge in [-0.3, -0.25) is 4.57 Å². The summed E-state index contributed by atoms with van der Waals surface area (Å²) in [6.45, 7) is 0.149. The first-order chi connectivity index (χ1) is 12.5. The number of hydrogen-bond donors (Lipinski definition) is 2. The summed E-state index contributed by atoms with van der Waals surface area (Å²) in [5, 5.41) is 8.60. The molecule has 0 radical (unpaired) electrons. The summed E-state index contributed by atoms with van der Waals surface area (Å²) < 4.78 is 29.6. The maximum absolute atomic E-state index is 12.5. The number of nitrogens with zero attached hydrogens (tertiary/aromatic N) is 3. The summed E-state index contributed by atoms with van der Waals surface area (Å²) in [5.41, 5.74) is 6.86. The van der Waals surface area contributed by atoms with Crippen molar-refractivity contribution in [1.29, 1.82) is 0 Å². The van der Waals surface area contributed by atoms with Crippen LogP contribution in [0.5, 0.6) is 0 Å². The number of rotatable bonds is 7. The SMILES string of the molecule is N[C@@H]1CC[C@H](CS(=O)(=O)NCc2nnc(C3CC3)n2-c2ccccc2)C1. The smallest absolute Gasteiger partial charge is 0.212 e. The van der Waals surface area contributed by atoms with E-state index in [1.807, 2.05) is 34.9 Å². The van der Waals surface area contributed by atoms with E-state index in [-0.39, 0.29) is 24.3 Å². The van der Waals surface area contributed by atoms with E-state index < -0.39 is 10.0 Å². The van der Waals surface area contributed by atoms with Crippen LogP contribution >= 0.6 is 0 Å². The molecule has 26 heavy (non-hydrogen) atoms. The molecule has 0 bridgehead atoms. The van der Waals surface area contributed by atoms with Crippen LogP contribution in [0.3, 0.4) is 0 Å². The minimum absolute atomic E-state index is 0.135. The highest BCUT2D eigenvalue weighted by Gasteiger charge is 2.31. The topological polar surface area (TPSA) is 103 Å². The first kappa shape index (κ1) is 17.6. The third-order valence-corrected chi connectivity index (χ3v) is 6.69. The Hall–Kier alpha value is -1.77. The molecular weight excluding hydrogens is 350 g/mol. The lowest BCUT2D eigenvalue weighted by molar-refractivity contribution is 0.541. The van der Waals surface area contributed by atoms with Gasteiger partial charge in [-0.05, 0) is 50.2 Å². The third kappa shape index (κ3) is 3.97. The van der Waals surface area contributed by atoms with E-state index in [1.165, 1.54) is 0 Å². The summed E-state index contributed by atoms with van der Waals surface area (Å²) in [5.74, 6) is 2.26. The summed E-state index contributed by atoms with van der Waals surface area (Å²) >= 11 is 0. The molecule has 0 saturated heterocycles. The monoisotopic (exact) mass is 375 g/mol. The zero-order valence-corrected chi connectivity index (χ0v) is 15.5. The molecule has 1 heterocycles. The van der Waals surface area contributed by atoms with Crippen LogP contribution in [0.15, 0.2) is 30.3 Å². The van der Waals surface area contributed by atoms with E-state index in [0.29, 0.717) is 11.7 Å². The number of aromatic nitrogens is 3. The largest absolute Gasteiger partial charge is 0.328 e. The number of sulfonamides is 1. The Morgan fingerprint density at radius 2 is 1.88 bits per heavy atom. The van der Waals surface area contributed by atoms with Gasteiger partial charge in [0.1, 0.15) is 5.82 Å². The summed E-state index contributed by atoms with van der Waals surface area (Å²) in [7, 11) is -3.37. The van der Waals surface area contributed by atoms with Crippen LogP contribution in [-0.4, -0.2) is 35.0 Å². The number of nitrogens with one attached hydrogen (secondary N) is 1. The molecule has 0 spiro atoms. The fourth-order valence-corrected chi connectivity index (χ4v) is 5.11. The minimum Gasteiger partial charge on any atom is -0.328 e. The third-order valence-electron chi connectivity index (χ3n) is 5.20. The van der Waals surface area contributed by atoms with Crippen LogP contribution in [0, 0.1) is 5.92 Å². The second kappa shape index (κ2) is 7.09. The van der Waals surface area contributed by atoms with Crippen LogP contribution in [0.1, 0.15) is 49.7 Å². The molecule has 2 aliphatic rings. The molecule has 7 nitrogen and oxygen atoms in total. The van der Waals surface area contributed by atoms with Gasteiger partial charge in [0.15, 0.2) is 5.82 Å². The number of para-hydroxylation sites is 1. The Balaban J connectivity index is 1.50. The van der Waals surface area contributed by atoms with E-state index in [2.05, 4.69) is 14.9 Å². The van der Waals surface area contributed by atoms with Crippen molar-refractivity contribution in [1.82, 2.24) is 19.5 Å². The average molecular weight is 375 g/mol. The van der Waals surface area contributed by atoms with Crippen molar-refractivity contribution in [2.45, 2.75) is 50.6 Å². The van der Waals surface area contributed by atoms with Crippen LogP contribution in [-0.2, 0) is 16.6 Å². The van der Waals surface area contributed by atoms with Gasteiger partial charge in [-0.15, -0.1) is 10.2 Å². The normalized spacial score (nSPS) is 23.4. The van der Waals surface area contributed by atoms with Gasteiger partial charge in [0.25, 0.3) is 0 Å². The maximum Gasteiger partial charge on any atom is 0.212 e. The zero-order valence-electron chi connectivity index (χ0n) is 14.7. The van der Waals surface area contributed by atoms with Crippen molar-refractivity contribution in [3.05, 3.63) is 42.0 Å². The lowest BCUT2D eigenvalue weighted by atomic mass is 10.1. The second-order valence-electron chi connectivity index (χ2n) is 7.46. The second-order valence-corrected chi connectivity index (χ2v) is 9.31. The lowest BCUT2D eigenvalue weighted by Crippen LogP contribution is -2.30. The molecule has 2 aromatic rings. The Labute approximate surface area is 154 Å². The lowest BCUT2D eigenvalue weighted by Gasteiger charge is -2.13. The highest BCUT2D eigenvalue weighted by Crippen LogP contribution is 2.40. The maximum atomic E-state index is 12.5. The van der Waals surface area contributed by atoms with Gasteiger partial charge >= 0.3 is 0 Å². The van der Waals surface area contributed by atoms with Gasteiger partial charge in [-0.25, -0.2) is 13.1 Å². The summed E-state index contributed by atoms with van der Waals surface area (Å²) in [6, 6.07) is 10.0. The Morgan fingerprint density at radius 1 is 1.12 bits per heavy atom. The van der Waals surface area contributed by atoms with Gasteiger partial charge in [0, 0.05) is 17.6 Å². The van der Waals surface area contributed by atoms with E-state index in [1.54, 1.807) is 0 Å². The van der Waals surface area contributed by atoms with E-state index in [4.69, 9.17) is 5.73 Å². The molecule has 0 amide bonds. The molecule has 2 saturated carbocycles. The fourth-order valence-electron chi connectivity index (χ4n) is 3.72. The average Bonchev–Trinajstić information content (AvgIpc) is 3.25. The van der Waals surface area contributed by atoms with Crippen molar-refractivity contribution in [2.24, 2.45) is 11.7 Å². The molecule has 3 N–H and O–H groups in total.